The molecule has 104 valence electrons. The number of phenolic OH excluding ortho intramolecular Hbond substituents is 1. The summed E-state index contributed by atoms with van der Waals surface area (Å²) in [6, 6.07) is 5.16. The number of aryl methyl sites for hydroxylation is 1. The fourth-order valence-corrected chi connectivity index (χ4v) is 2.53. The summed E-state index contributed by atoms with van der Waals surface area (Å²) >= 11 is 5.71. The van der Waals surface area contributed by atoms with E-state index in [0.717, 1.165) is 25.2 Å². The van der Waals surface area contributed by atoms with Crippen molar-refractivity contribution in [2.24, 2.45) is 0 Å². The summed E-state index contributed by atoms with van der Waals surface area (Å²) in [6.45, 7) is 5.79. The Kier molecular flexibility index (Phi) is 4.66. The number of halogens is 1. The second kappa shape index (κ2) is 6.26. The number of benzene rings is 1. The van der Waals surface area contributed by atoms with Crippen LogP contribution < -0.4 is 0 Å². The normalized spacial score (nSPS) is 16.6. The van der Waals surface area contributed by atoms with E-state index in [2.05, 4.69) is 4.90 Å². The summed E-state index contributed by atoms with van der Waals surface area (Å²) in [6.07, 6.45) is 0. The zero-order valence-electron chi connectivity index (χ0n) is 11.1. The molecule has 0 radical (unpaired) electrons. The monoisotopic (exact) mass is 282 g/mol. The van der Waals surface area contributed by atoms with Crippen molar-refractivity contribution in [3.63, 3.8) is 0 Å². The quantitative estimate of drug-likeness (QED) is 0.858. The number of amides is 1. The van der Waals surface area contributed by atoms with Crippen molar-refractivity contribution in [2.75, 3.05) is 38.6 Å². The van der Waals surface area contributed by atoms with Crippen LogP contribution in [-0.2, 0) is 0 Å². The van der Waals surface area contributed by atoms with Gasteiger partial charge < -0.3 is 10.0 Å². The maximum Gasteiger partial charge on any atom is 0.257 e. The van der Waals surface area contributed by atoms with Gasteiger partial charge in [-0.15, -0.1) is 11.6 Å². The van der Waals surface area contributed by atoms with Crippen LogP contribution in [0.2, 0.25) is 0 Å². The van der Waals surface area contributed by atoms with Crippen molar-refractivity contribution in [2.45, 2.75) is 6.92 Å². The first kappa shape index (κ1) is 14.2. The highest BCUT2D eigenvalue weighted by Gasteiger charge is 2.23. The molecule has 1 saturated heterocycles. The van der Waals surface area contributed by atoms with Gasteiger partial charge in [-0.25, -0.2) is 0 Å². The summed E-state index contributed by atoms with van der Waals surface area (Å²) in [5.74, 6) is 0.586. The average Bonchev–Trinajstić information content (AvgIpc) is 2.39. The number of carbonyl (C=O) groups excluding carboxylic acids is 1. The van der Waals surface area contributed by atoms with Gasteiger partial charge in [0.25, 0.3) is 5.91 Å². The number of carbonyl (C=O) groups is 1. The zero-order chi connectivity index (χ0) is 13.8. The fraction of sp³-hybridized carbons (Fsp3) is 0.500. The van der Waals surface area contributed by atoms with Crippen molar-refractivity contribution in [3.8, 4) is 5.75 Å². The molecule has 0 spiro atoms. The second-order valence-corrected chi connectivity index (χ2v) is 5.22. The molecule has 1 N–H and O–H groups in total. The number of piperazine rings is 1. The molecule has 0 aromatic heterocycles. The molecule has 0 unspecified atom stereocenters. The Hall–Kier alpha value is -1.26. The third kappa shape index (κ3) is 3.39. The third-order valence-corrected chi connectivity index (χ3v) is 3.61. The third-order valence-electron chi connectivity index (χ3n) is 3.44. The Morgan fingerprint density at radius 2 is 2.00 bits per heavy atom. The molecule has 1 fully saturated rings. The summed E-state index contributed by atoms with van der Waals surface area (Å²) in [4.78, 5) is 16.3. The van der Waals surface area contributed by atoms with E-state index < -0.39 is 0 Å². The first-order chi connectivity index (χ1) is 9.11. The van der Waals surface area contributed by atoms with Crippen LogP contribution in [0.15, 0.2) is 18.2 Å². The highest BCUT2D eigenvalue weighted by Crippen LogP contribution is 2.20. The molecule has 1 aliphatic rings. The number of nitrogens with zero attached hydrogens (tertiary/aromatic N) is 2. The number of phenols is 1. The molecule has 19 heavy (non-hydrogen) atoms. The van der Waals surface area contributed by atoms with Crippen LogP contribution in [0.1, 0.15) is 15.9 Å². The highest BCUT2D eigenvalue weighted by atomic mass is 35.5. The van der Waals surface area contributed by atoms with Crippen LogP contribution in [-0.4, -0.2) is 59.4 Å². The van der Waals surface area contributed by atoms with Gasteiger partial charge in [0.15, 0.2) is 0 Å². The maximum atomic E-state index is 12.3. The first-order valence-electron chi connectivity index (χ1n) is 6.49. The van der Waals surface area contributed by atoms with Gasteiger partial charge in [0.1, 0.15) is 5.75 Å². The lowest BCUT2D eigenvalue weighted by molar-refractivity contribution is 0.0641. The molecule has 1 aliphatic heterocycles. The van der Waals surface area contributed by atoms with E-state index in [0.29, 0.717) is 24.5 Å². The molecule has 0 atom stereocenters. The molecule has 2 rings (SSSR count). The molecule has 1 aromatic rings. The Bertz CT molecular complexity index is 457. The zero-order valence-corrected chi connectivity index (χ0v) is 11.9. The smallest absolute Gasteiger partial charge is 0.257 e. The van der Waals surface area contributed by atoms with Crippen molar-refractivity contribution in [1.29, 1.82) is 0 Å². The molecule has 0 aliphatic carbocycles. The number of hydrogen-bond donors (Lipinski definition) is 1. The first-order valence-corrected chi connectivity index (χ1v) is 7.02. The SMILES string of the molecule is Cc1ccc(C(=O)N2CCN(CCCl)CC2)c(O)c1. The van der Waals surface area contributed by atoms with Gasteiger partial charge in [0.2, 0.25) is 0 Å². The minimum Gasteiger partial charge on any atom is -0.507 e. The van der Waals surface area contributed by atoms with Crippen molar-refractivity contribution < 1.29 is 9.90 Å². The Morgan fingerprint density at radius 1 is 1.32 bits per heavy atom. The Labute approximate surface area is 118 Å². The average molecular weight is 283 g/mol. The molecule has 5 heteroatoms. The van der Waals surface area contributed by atoms with Gasteiger partial charge in [-0.3, -0.25) is 9.69 Å². The topological polar surface area (TPSA) is 43.8 Å². The van der Waals surface area contributed by atoms with Gasteiger partial charge in [0.05, 0.1) is 5.56 Å². The van der Waals surface area contributed by atoms with E-state index in [1.54, 1.807) is 17.0 Å². The number of hydrogen-bond acceptors (Lipinski definition) is 3. The molecule has 0 bridgehead atoms. The number of alkyl halides is 1. The predicted molar refractivity (Wildman–Crippen MR) is 75.9 cm³/mol. The lowest BCUT2D eigenvalue weighted by atomic mass is 10.1. The Balaban J connectivity index is 2.01. The molecular formula is C14H19ClN2O2. The summed E-state index contributed by atoms with van der Waals surface area (Å²) in [5, 5.41) is 9.85. The van der Waals surface area contributed by atoms with Crippen molar-refractivity contribution in [1.82, 2.24) is 9.80 Å². The van der Waals surface area contributed by atoms with Crippen molar-refractivity contribution >= 4 is 17.5 Å². The minimum absolute atomic E-state index is 0.0631. The Morgan fingerprint density at radius 3 is 2.58 bits per heavy atom. The van der Waals surface area contributed by atoms with E-state index in [1.165, 1.54) is 0 Å². The van der Waals surface area contributed by atoms with E-state index in [1.807, 2.05) is 13.0 Å². The van der Waals surface area contributed by atoms with Crippen LogP contribution in [0.4, 0.5) is 0 Å². The van der Waals surface area contributed by atoms with Gasteiger partial charge >= 0.3 is 0 Å². The fourth-order valence-electron chi connectivity index (χ4n) is 2.29. The molecular weight excluding hydrogens is 264 g/mol. The van der Waals surface area contributed by atoms with Gasteiger partial charge in [-0.2, -0.15) is 0 Å². The molecule has 1 amide bonds. The largest absolute Gasteiger partial charge is 0.507 e. The van der Waals surface area contributed by atoms with Gasteiger partial charge in [-0.05, 0) is 24.6 Å². The van der Waals surface area contributed by atoms with Crippen LogP contribution in [0.3, 0.4) is 0 Å². The predicted octanol–water partition coefficient (Wildman–Crippen LogP) is 1.70. The summed E-state index contributed by atoms with van der Waals surface area (Å²) in [7, 11) is 0. The van der Waals surface area contributed by atoms with E-state index in [4.69, 9.17) is 11.6 Å². The summed E-state index contributed by atoms with van der Waals surface area (Å²) in [5.41, 5.74) is 1.33. The molecule has 1 aromatic carbocycles. The molecule has 1 heterocycles. The van der Waals surface area contributed by atoms with Gasteiger partial charge in [-0.1, -0.05) is 6.07 Å². The van der Waals surface area contributed by atoms with Crippen LogP contribution >= 0.6 is 11.6 Å². The highest BCUT2D eigenvalue weighted by molar-refractivity contribution is 6.18. The van der Waals surface area contributed by atoms with Gasteiger partial charge in [0, 0.05) is 38.6 Å². The number of aromatic hydroxyl groups is 1. The number of rotatable bonds is 3. The van der Waals surface area contributed by atoms with Crippen molar-refractivity contribution in [3.05, 3.63) is 29.3 Å². The maximum absolute atomic E-state index is 12.3. The van der Waals surface area contributed by atoms with Crippen LogP contribution in [0, 0.1) is 6.92 Å². The van der Waals surface area contributed by atoms with E-state index in [9.17, 15) is 9.90 Å². The molecule has 0 saturated carbocycles. The minimum atomic E-state index is -0.0944. The standard InChI is InChI=1S/C14H19ClN2O2/c1-11-2-3-12(13(18)10-11)14(19)17-8-6-16(5-4-15)7-9-17/h2-3,10,18H,4-9H2,1H3. The summed E-state index contributed by atoms with van der Waals surface area (Å²) < 4.78 is 0. The second-order valence-electron chi connectivity index (χ2n) is 4.84. The lowest BCUT2D eigenvalue weighted by Gasteiger charge is -2.34. The molecule has 4 nitrogen and oxygen atoms in total. The van der Waals surface area contributed by atoms with Crippen LogP contribution in [0.25, 0.3) is 0 Å². The van der Waals surface area contributed by atoms with E-state index >= 15 is 0 Å². The van der Waals surface area contributed by atoms with Crippen LogP contribution in [0.5, 0.6) is 5.75 Å². The van der Waals surface area contributed by atoms with E-state index in [-0.39, 0.29) is 11.7 Å². The lowest BCUT2D eigenvalue weighted by Crippen LogP contribution is -2.49.